The molecule has 2 aliphatic rings. The number of fused-ring (bicyclic) bond motifs is 1. The molecule has 2 aromatic rings. The Morgan fingerprint density at radius 1 is 1.31 bits per heavy atom. The van der Waals surface area contributed by atoms with Crippen LogP contribution in [0.2, 0.25) is 0 Å². The molecule has 1 fully saturated rings. The number of halogens is 2. The van der Waals surface area contributed by atoms with Gasteiger partial charge in [0.1, 0.15) is 29.5 Å². The van der Waals surface area contributed by atoms with Crippen LogP contribution in [0.25, 0.3) is 5.57 Å². The van der Waals surface area contributed by atoms with E-state index < -0.39 is 17.3 Å². The molecule has 1 aromatic carbocycles. The normalized spacial score (nSPS) is 17.9. The number of benzene rings is 1. The quantitative estimate of drug-likeness (QED) is 0.274. The molecule has 2 heterocycles. The van der Waals surface area contributed by atoms with Gasteiger partial charge in [0.15, 0.2) is 11.5 Å². The van der Waals surface area contributed by atoms with Gasteiger partial charge in [-0.25, -0.2) is 9.37 Å². The molecule has 8 nitrogen and oxygen atoms in total. The predicted molar refractivity (Wildman–Crippen MR) is 160 cm³/mol. The van der Waals surface area contributed by atoms with Crippen LogP contribution in [0.1, 0.15) is 67.3 Å². The number of carbonyl (C=O) groups excluding carboxylic acids is 1. The molecule has 1 aliphatic carbocycles. The van der Waals surface area contributed by atoms with Crippen molar-refractivity contribution >= 4 is 23.1 Å². The highest BCUT2D eigenvalue weighted by Gasteiger charge is 2.48. The minimum atomic E-state index is -1.47. The molecule has 1 aliphatic heterocycles. The second-order valence-corrected chi connectivity index (χ2v) is 11.8. The molecule has 1 unspecified atom stereocenters. The molecule has 1 atom stereocenters. The average Bonchev–Trinajstić information content (AvgIpc) is 3.83. The largest absolute Gasteiger partial charge is 0.493 e. The molecule has 0 spiro atoms. The van der Waals surface area contributed by atoms with E-state index in [1.54, 1.807) is 18.2 Å². The molecule has 42 heavy (non-hydrogen) atoms. The van der Waals surface area contributed by atoms with Crippen molar-refractivity contribution in [3.63, 3.8) is 0 Å². The summed E-state index contributed by atoms with van der Waals surface area (Å²) in [6.07, 6.45) is 5.01. The van der Waals surface area contributed by atoms with Crippen LogP contribution in [0.15, 0.2) is 53.9 Å². The number of nitrogens with zero attached hydrogens (tertiary/aromatic N) is 1. The van der Waals surface area contributed by atoms with Gasteiger partial charge in [0.25, 0.3) is 5.91 Å². The third-order valence-electron chi connectivity index (χ3n) is 7.73. The second-order valence-electron chi connectivity index (χ2n) is 11.3. The van der Waals surface area contributed by atoms with Crippen LogP contribution < -0.4 is 19.5 Å². The standard InChI is InChI=1S/C32H38ClFN2O6/c1-19(6-10-24(34)20(2)33)28-29-23(31(3,4)12-14-42-29)17-27(36-28)32(39,22-8-9-22)18-35-30(38)21-7-11-25(41-15-13-37)26(16-21)40-5/h6-7,10-11,16-17,22,37,39H,1,8-9,12-15,18H2,2-5H3,(H,35,38)/b10-6-,24-20-. The van der Waals surface area contributed by atoms with E-state index in [0.717, 1.165) is 24.8 Å². The van der Waals surface area contributed by atoms with Crippen molar-refractivity contribution in [2.45, 2.75) is 51.0 Å². The van der Waals surface area contributed by atoms with Crippen molar-refractivity contribution < 1.29 is 33.6 Å². The van der Waals surface area contributed by atoms with Crippen LogP contribution in [0.3, 0.4) is 0 Å². The number of rotatable bonds is 12. The maximum Gasteiger partial charge on any atom is 0.251 e. The topological polar surface area (TPSA) is 110 Å². The van der Waals surface area contributed by atoms with Gasteiger partial charge < -0.3 is 29.7 Å². The molecular weight excluding hydrogens is 563 g/mol. The molecule has 1 saturated carbocycles. The molecule has 3 N–H and O–H groups in total. The van der Waals surface area contributed by atoms with E-state index in [1.165, 1.54) is 26.2 Å². The number of aromatic nitrogens is 1. The fourth-order valence-electron chi connectivity index (χ4n) is 4.94. The van der Waals surface area contributed by atoms with Gasteiger partial charge in [-0.3, -0.25) is 4.79 Å². The van der Waals surface area contributed by atoms with Gasteiger partial charge in [-0.1, -0.05) is 38.1 Å². The van der Waals surface area contributed by atoms with Crippen LogP contribution in [0.4, 0.5) is 4.39 Å². The van der Waals surface area contributed by atoms with Crippen molar-refractivity contribution in [1.29, 1.82) is 0 Å². The van der Waals surface area contributed by atoms with Gasteiger partial charge in [-0.05, 0) is 73.4 Å². The molecule has 0 radical (unpaired) electrons. The number of aliphatic hydroxyl groups excluding tert-OH is 1. The van der Waals surface area contributed by atoms with Gasteiger partial charge in [-0.15, -0.1) is 0 Å². The lowest BCUT2D eigenvalue weighted by Gasteiger charge is -2.36. The summed E-state index contributed by atoms with van der Waals surface area (Å²) in [5.41, 5.74) is 0.619. The second kappa shape index (κ2) is 12.9. The first-order valence-corrected chi connectivity index (χ1v) is 14.3. The van der Waals surface area contributed by atoms with E-state index >= 15 is 0 Å². The van der Waals surface area contributed by atoms with Crippen LogP contribution in [-0.2, 0) is 11.0 Å². The zero-order chi connectivity index (χ0) is 30.7. The lowest BCUT2D eigenvalue weighted by molar-refractivity contribution is 0.00907. The Labute approximate surface area is 250 Å². The first-order valence-electron chi connectivity index (χ1n) is 13.9. The zero-order valence-electron chi connectivity index (χ0n) is 24.4. The summed E-state index contributed by atoms with van der Waals surface area (Å²) in [5.74, 6) is 0.183. The third kappa shape index (κ3) is 6.80. The maximum absolute atomic E-state index is 14.2. The number of allylic oxidation sites excluding steroid dienone is 5. The zero-order valence-corrected chi connectivity index (χ0v) is 25.2. The number of methoxy groups -OCH3 is 1. The highest BCUT2D eigenvalue weighted by molar-refractivity contribution is 6.29. The number of hydrogen-bond donors (Lipinski definition) is 3. The summed E-state index contributed by atoms with van der Waals surface area (Å²) in [6, 6.07) is 6.58. The summed E-state index contributed by atoms with van der Waals surface area (Å²) in [5, 5.41) is 24.0. The predicted octanol–water partition coefficient (Wildman–Crippen LogP) is 5.56. The Kier molecular flexibility index (Phi) is 9.65. The number of aliphatic hydroxyl groups is 2. The minimum absolute atomic E-state index is 0.0176. The monoisotopic (exact) mass is 600 g/mol. The summed E-state index contributed by atoms with van der Waals surface area (Å²) >= 11 is 5.78. The first-order chi connectivity index (χ1) is 19.9. The molecule has 1 aromatic heterocycles. The van der Waals surface area contributed by atoms with Crippen LogP contribution in [0, 0.1) is 5.92 Å². The summed E-state index contributed by atoms with van der Waals surface area (Å²) in [6.45, 7) is 10.1. The number of carbonyl (C=O) groups is 1. The molecule has 0 bridgehead atoms. The lowest BCUT2D eigenvalue weighted by atomic mass is 9.77. The highest BCUT2D eigenvalue weighted by Crippen LogP contribution is 2.49. The summed E-state index contributed by atoms with van der Waals surface area (Å²) in [4.78, 5) is 18.0. The minimum Gasteiger partial charge on any atom is -0.493 e. The molecular formula is C32H38ClFN2O6. The number of ether oxygens (including phenoxy) is 3. The molecule has 226 valence electrons. The fourth-order valence-corrected chi connectivity index (χ4v) is 5.00. The van der Waals surface area contributed by atoms with E-state index in [4.69, 9.17) is 35.9 Å². The Hall–Kier alpha value is -3.40. The van der Waals surface area contributed by atoms with Gasteiger partial charge >= 0.3 is 0 Å². The Bertz CT molecular complexity index is 1410. The molecule has 0 saturated heterocycles. The van der Waals surface area contributed by atoms with Crippen molar-refractivity contribution in [3.05, 3.63) is 76.4 Å². The smallest absolute Gasteiger partial charge is 0.251 e. The van der Waals surface area contributed by atoms with Crippen molar-refractivity contribution in [1.82, 2.24) is 10.3 Å². The van der Waals surface area contributed by atoms with E-state index in [1.807, 2.05) is 6.07 Å². The number of amides is 1. The van der Waals surface area contributed by atoms with Gasteiger partial charge in [0.05, 0.1) is 37.6 Å². The molecule has 4 rings (SSSR count). The lowest BCUT2D eigenvalue weighted by Crippen LogP contribution is -2.43. The molecule has 10 heteroatoms. The number of hydrogen-bond acceptors (Lipinski definition) is 7. The van der Waals surface area contributed by atoms with E-state index in [0.29, 0.717) is 46.4 Å². The van der Waals surface area contributed by atoms with Crippen LogP contribution >= 0.6 is 11.6 Å². The van der Waals surface area contributed by atoms with E-state index in [-0.39, 0.29) is 36.1 Å². The Balaban J connectivity index is 1.68. The summed E-state index contributed by atoms with van der Waals surface area (Å²) < 4.78 is 31.0. The van der Waals surface area contributed by atoms with Gasteiger partial charge in [-0.2, -0.15) is 0 Å². The Morgan fingerprint density at radius 3 is 2.69 bits per heavy atom. The van der Waals surface area contributed by atoms with Crippen LogP contribution in [0.5, 0.6) is 17.2 Å². The highest BCUT2D eigenvalue weighted by atomic mass is 35.5. The fraction of sp³-hybridized carbons (Fsp3) is 0.438. The summed E-state index contributed by atoms with van der Waals surface area (Å²) in [7, 11) is 1.46. The number of pyridine rings is 1. The molecule has 1 amide bonds. The maximum atomic E-state index is 14.2. The number of nitrogens with one attached hydrogen (secondary N) is 1. The van der Waals surface area contributed by atoms with E-state index in [9.17, 15) is 14.3 Å². The van der Waals surface area contributed by atoms with Gasteiger partial charge in [0.2, 0.25) is 0 Å². The average molecular weight is 601 g/mol. The Morgan fingerprint density at radius 2 is 2.05 bits per heavy atom. The first kappa shape index (κ1) is 31.5. The van der Waals surface area contributed by atoms with E-state index in [2.05, 4.69) is 25.7 Å². The third-order valence-corrected chi connectivity index (χ3v) is 7.91. The van der Waals surface area contributed by atoms with Crippen molar-refractivity contribution in [2.75, 3.05) is 33.5 Å². The van der Waals surface area contributed by atoms with Crippen molar-refractivity contribution in [3.8, 4) is 17.2 Å². The SMILES string of the molecule is C=C(/C=C\C(F)=C(/C)Cl)c1nc(C(O)(CNC(=O)c2ccc(OCCO)c(OC)c2)C2CC2)cc2c1OCCC2(C)C. The van der Waals surface area contributed by atoms with Crippen molar-refractivity contribution in [2.24, 2.45) is 5.92 Å². The van der Waals surface area contributed by atoms with Crippen LogP contribution in [-0.4, -0.2) is 54.6 Å². The van der Waals surface area contributed by atoms with Gasteiger partial charge in [0, 0.05) is 11.1 Å².